The average molecular weight is 263 g/mol. The monoisotopic (exact) mass is 263 g/mol. The molecular formula is C13H21N5O. The number of anilines is 1. The highest BCUT2D eigenvalue weighted by atomic mass is 16.2. The van der Waals surface area contributed by atoms with Gasteiger partial charge in [0.15, 0.2) is 0 Å². The van der Waals surface area contributed by atoms with Crippen LogP contribution in [0.25, 0.3) is 0 Å². The molecule has 2 rings (SSSR count). The highest BCUT2D eigenvalue weighted by Crippen LogP contribution is 2.16. The zero-order valence-electron chi connectivity index (χ0n) is 11.8. The topological polar surface area (TPSA) is 61.4 Å². The Kier molecular flexibility index (Phi) is 4.31. The number of carbonyl (C=O) groups excluding carboxylic acids is 1. The first-order chi connectivity index (χ1) is 9.11. The number of aromatic nitrogens is 2. The SMILES string of the molecule is CCNc1cncc(C(=O)N2CCC(N(C)C)C2)n1. The zero-order chi connectivity index (χ0) is 13.8. The quantitative estimate of drug-likeness (QED) is 0.866. The molecule has 6 heteroatoms. The van der Waals surface area contributed by atoms with Crippen molar-refractivity contribution in [1.82, 2.24) is 19.8 Å². The molecule has 1 saturated heterocycles. The third-order valence-corrected chi connectivity index (χ3v) is 3.39. The van der Waals surface area contributed by atoms with Gasteiger partial charge >= 0.3 is 0 Å². The van der Waals surface area contributed by atoms with E-state index < -0.39 is 0 Å². The third-order valence-electron chi connectivity index (χ3n) is 3.39. The van der Waals surface area contributed by atoms with Crippen LogP contribution in [0.1, 0.15) is 23.8 Å². The van der Waals surface area contributed by atoms with Gasteiger partial charge < -0.3 is 15.1 Å². The van der Waals surface area contributed by atoms with Crippen molar-refractivity contribution in [2.45, 2.75) is 19.4 Å². The lowest BCUT2D eigenvalue weighted by atomic mass is 10.2. The number of likely N-dealkylation sites (N-methyl/N-ethyl adjacent to an activating group) is 1. The maximum Gasteiger partial charge on any atom is 0.274 e. The van der Waals surface area contributed by atoms with Gasteiger partial charge in [0, 0.05) is 25.7 Å². The van der Waals surface area contributed by atoms with Crippen LogP contribution in [0, 0.1) is 0 Å². The van der Waals surface area contributed by atoms with E-state index in [2.05, 4.69) is 20.2 Å². The summed E-state index contributed by atoms with van der Waals surface area (Å²) in [5.41, 5.74) is 0.415. The number of nitrogens with zero attached hydrogens (tertiary/aromatic N) is 4. The standard InChI is InChI=1S/C13H21N5O/c1-4-15-12-8-14-7-11(16-12)13(19)18-6-5-10(9-18)17(2)3/h7-8,10H,4-6,9H2,1-3H3,(H,15,16). The second-order valence-corrected chi connectivity index (χ2v) is 4.98. The van der Waals surface area contributed by atoms with Crippen LogP contribution in [0.2, 0.25) is 0 Å². The van der Waals surface area contributed by atoms with Crippen molar-refractivity contribution < 1.29 is 4.79 Å². The number of rotatable bonds is 4. The van der Waals surface area contributed by atoms with Crippen LogP contribution >= 0.6 is 0 Å². The van der Waals surface area contributed by atoms with E-state index in [1.165, 1.54) is 6.20 Å². The molecule has 1 aromatic heterocycles. The Hall–Kier alpha value is -1.69. The maximum absolute atomic E-state index is 12.3. The molecule has 6 nitrogen and oxygen atoms in total. The highest BCUT2D eigenvalue weighted by molar-refractivity contribution is 5.92. The van der Waals surface area contributed by atoms with Gasteiger partial charge in [0.05, 0.1) is 12.4 Å². The number of likely N-dealkylation sites (tertiary alicyclic amines) is 1. The van der Waals surface area contributed by atoms with E-state index in [1.807, 2.05) is 25.9 Å². The predicted octanol–water partition coefficient (Wildman–Crippen LogP) is 0.684. The fourth-order valence-electron chi connectivity index (χ4n) is 2.25. The Labute approximate surface area is 113 Å². The first kappa shape index (κ1) is 13.7. The van der Waals surface area contributed by atoms with Gasteiger partial charge in [0.25, 0.3) is 5.91 Å². The molecule has 19 heavy (non-hydrogen) atoms. The molecule has 0 aromatic carbocycles. The minimum atomic E-state index is -0.0309. The lowest BCUT2D eigenvalue weighted by Crippen LogP contribution is -2.34. The molecule has 0 aliphatic carbocycles. The average Bonchev–Trinajstić information content (AvgIpc) is 2.88. The van der Waals surface area contributed by atoms with Gasteiger partial charge in [-0.2, -0.15) is 0 Å². The van der Waals surface area contributed by atoms with Gasteiger partial charge in [-0.05, 0) is 27.4 Å². The Morgan fingerprint density at radius 2 is 2.32 bits per heavy atom. The smallest absolute Gasteiger partial charge is 0.274 e. The van der Waals surface area contributed by atoms with Crippen molar-refractivity contribution >= 4 is 11.7 Å². The first-order valence-electron chi connectivity index (χ1n) is 6.63. The van der Waals surface area contributed by atoms with Gasteiger partial charge in [0.1, 0.15) is 11.5 Å². The van der Waals surface area contributed by atoms with Gasteiger partial charge in [-0.1, -0.05) is 0 Å². The van der Waals surface area contributed by atoms with Crippen LogP contribution in [0.4, 0.5) is 5.82 Å². The van der Waals surface area contributed by atoms with E-state index in [1.54, 1.807) is 6.20 Å². The summed E-state index contributed by atoms with van der Waals surface area (Å²) in [5, 5.41) is 3.07. The third kappa shape index (κ3) is 3.20. The fourth-order valence-corrected chi connectivity index (χ4v) is 2.25. The van der Waals surface area contributed by atoms with Crippen LogP contribution in [0.15, 0.2) is 12.4 Å². The molecule has 1 aliphatic rings. The summed E-state index contributed by atoms with van der Waals surface area (Å²) < 4.78 is 0. The summed E-state index contributed by atoms with van der Waals surface area (Å²) in [5.74, 6) is 0.619. The van der Waals surface area contributed by atoms with E-state index in [-0.39, 0.29) is 5.91 Å². The summed E-state index contributed by atoms with van der Waals surface area (Å²) in [7, 11) is 4.09. The van der Waals surface area contributed by atoms with Crippen molar-refractivity contribution in [3.63, 3.8) is 0 Å². The first-order valence-corrected chi connectivity index (χ1v) is 6.63. The summed E-state index contributed by atoms with van der Waals surface area (Å²) >= 11 is 0. The lowest BCUT2D eigenvalue weighted by molar-refractivity contribution is 0.0777. The molecule has 1 aromatic rings. The Bertz CT molecular complexity index is 448. The number of hydrogen-bond acceptors (Lipinski definition) is 5. The molecule has 2 heterocycles. The molecule has 104 valence electrons. The molecule has 0 spiro atoms. The molecule has 0 radical (unpaired) electrons. The number of amides is 1. The minimum Gasteiger partial charge on any atom is -0.369 e. The predicted molar refractivity (Wildman–Crippen MR) is 74.2 cm³/mol. The summed E-state index contributed by atoms with van der Waals surface area (Å²) in [4.78, 5) is 24.7. The van der Waals surface area contributed by atoms with Crippen LogP contribution in [0.5, 0.6) is 0 Å². The van der Waals surface area contributed by atoms with Crippen molar-refractivity contribution in [3.05, 3.63) is 18.1 Å². The number of nitrogens with one attached hydrogen (secondary N) is 1. The largest absolute Gasteiger partial charge is 0.369 e. The van der Waals surface area contributed by atoms with Crippen LogP contribution in [-0.2, 0) is 0 Å². The van der Waals surface area contributed by atoms with E-state index in [4.69, 9.17) is 0 Å². The molecular weight excluding hydrogens is 242 g/mol. The molecule has 1 fully saturated rings. The van der Waals surface area contributed by atoms with Crippen molar-refractivity contribution in [2.75, 3.05) is 39.0 Å². The van der Waals surface area contributed by atoms with Crippen molar-refractivity contribution in [2.24, 2.45) is 0 Å². The van der Waals surface area contributed by atoms with E-state index in [0.717, 1.165) is 26.1 Å². The van der Waals surface area contributed by atoms with Crippen molar-refractivity contribution in [3.8, 4) is 0 Å². The summed E-state index contributed by atoms with van der Waals surface area (Å²) in [6.07, 6.45) is 4.18. The summed E-state index contributed by atoms with van der Waals surface area (Å²) in [6, 6.07) is 0.439. The summed E-state index contributed by atoms with van der Waals surface area (Å²) in [6.45, 7) is 4.30. The van der Waals surface area contributed by atoms with Gasteiger partial charge in [0.2, 0.25) is 0 Å². The van der Waals surface area contributed by atoms with Gasteiger partial charge in [-0.15, -0.1) is 0 Å². The normalized spacial score (nSPS) is 18.9. The van der Waals surface area contributed by atoms with Crippen LogP contribution in [0.3, 0.4) is 0 Å². The molecule has 1 amide bonds. The molecule has 1 aliphatic heterocycles. The van der Waals surface area contributed by atoms with Crippen LogP contribution < -0.4 is 5.32 Å². The number of carbonyl (C=O) groups is 1. The Balaban J connectivity index is 2.06. The van der Waals surface area contributed by atoms with E-state index in [0.29, 0.717) is 17.6 Å². The minimum absolute atomic E-state index is 0.0309. The molecule has 1 N–H and O–H groups in total. The van der Waals surface area contributed by atoms with E-state index in [9.17, 15) is 4.79 Å². The highest BCUT2D eigenvalue weighted by Gasteiger charge is 2.28. The zero-order valence-corrected chi connectivity index (χ0v) is 11.8. The molecule has 0 saturated carbocycles. The number of hydrogen-bond donors (Lipinski definition) is 1. The molecule has 1 unspecified atom stereocenters. The second kappa shape index (κ2) is 5.97. The molecule has 1 atom stereocenters. The fraction of sp³-hybridized carbons (Fsp3) is 0.615. The van der Waals surface area contributed by atoms with Crippen LogP contribution in [-0.4, -0.2) is 65.4 Å². The maximum atomic E-state index is 12.3. The molecule has 0 bridgehead atoms. The Morgan fingerprint density at radius 1 is 1.53 bits per heavy atom. The van der Waals surface area contributed by atoms with Gasteiger partial charge in [-0.3, -0.25) is 9.78 Å². The van der Waals surface area contributed by atoms with E-state index >= 15 is 0 Å². The van der Waals surface area contributed by atoms with Gasteiger partial charge in [-0.25, -0.2) is 4.98 Å². The Morgan fingerprint density at radius 3 is 2.95 bits per heavy atom. The lowest BCUT2D eigenvalue weighted by Gasteiger charge is -2.20. The van der Waals surface area contributed by atoms with Crippen molar-refractivity contribution in [1.29, 1.82) is 0 Å². The second-order valence-electron chi connectivity index (χ2n) is 4.98.